The molecule has 0 N–H and O–H groups in total. The molecule has 0 saturated heterocycles. The summed E-state index contributed by atoms with van der Waals surface area (Å²) in [5.74, 6) is 0.00639. The van der Waals surface area contributed by atoms with E-state index in [0.29, 0.717) is 12.1 Å². The molecule has 142 valence electrons. The Morgan fingerprint density at radius 2 is 1.81 bits per heavy atom. The highest BCUT2D eigenvalue weighted by Crippen LogP contribution is 2.32. The Labute approximate surface area is 169 Å². The number of fused-ring (bicyclic) bond motifs is 1. The fraction of sp³-hybridized carbons (Fsp3) is 0.333. The number of carbonyl (C=O) groups is 1. The van der Waals surface area contributed by atoms with Gasteiger partial charge in [-0.2, -0.15) is 0 Å². The molecule has 6 heteroatoms. The highest BCUT2D eigenvalue weighted by molar-refractivity contribution is 7.98. The molecule has 3 rings (SSSR count). The standard InChI is InChI=1S/C21H25N3OS2/c1-4-23(5-2)13-14-24(20(25)16-9-7-6-8-10-16)21-22-18-12-11-17(26-3)15-19(18)27-21/h6-12,15H,4-5,13-14H2,1-3H3. The molecular formula is C21H25N3OS2. The first-order valence-corrected chi connectivity index (χ1v) is 11.2. The number of amides is 1. The van der Waals surface area contributed by atoms with Crippen molar-refractivity contribution in [3.8, 4) is 0 Å². The van der Waals surface area contributed by atoms with E-state index >= 15 is 0 Å². The zero-order valence-electron chi connectivity index (χ0n) is 16.0. The maximum absolute atomic E-state index is 13.2. The summed E-state index contributed by atoms with van der Waals surface area (Å²) in [5.41, 5.74) is 1.64. The summed E-state index contributed by atoms with van der Waals surface area (Å²) in [5, 5.41) is 0.768. The highest BCUT2D eigenvalue weighted by atomic mass is 32.2. The summed E-state index contributed by atoms with van der Waals surface area (Å²) in [7, 11) is 0. The van der Waals surface area contributed by atoms with Crippen molar-refractivity contribution in [3.63, 3.8) is 0 Å². The molecule has 0 aliphatic carbocycles. The lowest BCUT2D eigenvalue weighted by Gasteiger charge is -2.24. The van der Waals surface area contributed by atoms with Crippen molar-refractivity contribution >= 4 is 44.4 Å². The van der Waals surface area contributed by atoms with Gasteiger partial charge in [0.25, 0.3) is 5.91 Å². The van der Waals surface area contributed by atoms with Gasteiger partial charge in [0.1, 0.15) is 0 Å². The van der Waals surface area contributed by atoms with Crippen molar-refractivity contribution < 1.29 is 4.79 Å². The van der Waals surface area contributed by atoms with Crippen LogP contribution in [0.4, 0.5) is 5.13 Å². The topological polar surface area (TPSA) is 36.4 Å². The van der Waals surface area contributed by atoms with E-state index in [1.54, 1.807) is 23.1 Å². The second-order valence-corrected chi connectivity index (χ2v) is 8.07. The maximum Gasteiger partial charge on any atom is 0.260 e. The number of carbonyl (C=O) groups excluding carboxylic acids is 1. The molecule has 0 atom stereocenters. The van der Waals surface area contributed by atoms with Crippen LogP contribution in [0, 0.1) is 0 Å². The van der Waals surface area contributed by atoms with Gasteiger partial charge < -0.3 is 4.90 Å². The Bertz CT molecular complexity index is 891. The third-order valence-electron chi connectivity index (χ3n) is 4.62. The summed E-state index contributed by atoms with van der Waals surface area (Å²) >= 11 is 3.30. The molecule has 2 aromatic carbocycles. The third-order valence-corrected chi connectivity index (χ3v) is 6.38. The fourth-order valence-electron chi connectivity index (χ4n) is 2.94. The second kappa shape index (κ2) is 9.35. The Hall–Kier alpha value is -1.89. The molecule has 1 amide bonds. The number of rotatable bonds is 8. The van der Waals surface area contributed by atoms with Crippen LogP contribution < -0.4 is 4.90 Å². The van der Waals surface area contributed by atoms with Gasteiger partial charge in [-0.3, -0.25) is 9.69 Å². The van der Waals surface area contributed by atoms with Gasteiger partial charge >= 0.3 is 0 Å². The van der Waals surface area contributed by atoms with Crippen LogP contribution in [-0.4, -0.2) is 48.2 Å². The predicted molar refractivity (Wildman–Crippen MR) is 117 cm³/mol. The Morgan fingerprint density at radius 1 is 1.07 bits per heavy atom. The van der Waals surface area contributed by atoms with Crippen LogP contribution in [0.25, 0.3) is 10.2 Å². The SMILES string of the molecule is CCN(CC)CCN(C(=O)c1ccccc1)c1nc2ccc(SC)cc2s1. The van der Waals surface area contributed by atoms with Gasteiger partial charge in [-0.05, 0) is 49.7 Å². The van der Waals surface area contributed by atoms with E-state index in [1.807, 2.05) is 41.3 Å². The van der Waals surface area contributed by atoms with Gasteiger partial charge in [0.05, 0.1) is 10.2 Å². The summed E-state index contributed by atoms with van der Waals surface area (Å²) in [4.78, 5) is 23.3. The predicted octanol–water partition coefficient (Wildman–Crippen LogP) is 5.01. The monoisotopic (exact) mass is 399 g/mol. The quantitative estimate of drug-likeness (QED) is 0.499. The highest BCUT2D eigenvalue weighted by Gasteiger charge is 2.21. The molecule has 1 aromatic heterocycles. The molecule has 0 unspecified atom stereocenters. The summed E-state index contributed by atoms with van der Waals surface area (Å²) in [6.07, 6.45) is 2.07. The molecule has 27 heavy (non-hydrogen) atoms. The molecule has 0 fully saturated rings. The molecule has 0 saturated carbocycles. The van der Waals surface area contributed by atoms with Crippen molar-refractivity contribution in [3.05, 3.63) is 54.1 Å². The maximum atomic E-state index is 13.2. The number of nitrogens with zero attached hydrogens (tertiary/aromatic N) is 3. The number of anilines is 1. The molecule has 0 spiro atoms. The molecular weight excluding hydrogens is 374 g/mol. The first-order chi connectivity index (χ1) is 13.2. The van der Waals surface area contributed by atoms with Crippen molar-refractivity contribution in [1.82, 2.24) is 9.88 Å². The third kappa shape index (κ3) is 4.69. The molecule has 0 aliphatic rings. The second-order valence-electron chi connectivity index (χ2n) is 6.18. The lowest BCUT2D eigenvalue weighted by Crippen LogP contribution is -2.38. The van der Waals surface area contributed by atoms with Crippen molar-refractivity contribution in [2.75, 3.05) is 37.3 Å². The lowest BCUT2D eigenvalue weighted by molar-refractivity contribution is 0.0984. The van der Waals surface area contributed by atoms with E-state index in [1.165, 1.54) is 4.90 Å². The number of hydrogen-bond acceptors (Lipinski definition) is 5. The molecule has 4 nitrogen and oxygen atoms in total. The normalized spacial score (nSPS) is 11.3. The average molecular weight is 400 g/mol. The first-order valence-electron chi connectivity index (χ1n) is 9.20. The van der Waals surface area contributed by atoms with E-state index in [9.17, 15) is 4.79 Å². The van der Waals surface area contributed by atoms with Gasteiger partial charge in [0, 0.05) is 23.5 Å². The van der Waals surface area contributed by atoms with E-state index < -0.39 is 0 Å². The minimum absolute atomic E-state index is 0.00639. The zero-order valence-corrected chi connectivity index (χ0v) is 17.6. The molecule has 1 heterocycles. The zero-order chi connectivity index (χ0) is 19.2. The van der Waals surface area contributed by atoms with Crippen LogP contribution in [0.2, 0.25) is 0 Å². The largest absolute Gasteiger partial charge is 0.302 e. The summed E-state index contributed by atoms with van der Waals surface area (Å²) < 4.78 is 1.12. The number of benzene rings is 2. The van der Waals surface area contributed by atoms with Gasteiger partial charge in [-0.15, -0.1) is 11.8 Å². The minimum atomic E-state index is 0.00639. The first kappa shape index (κ1) is 19.9. The van der Waals surface area contributed by atoms with E-state index in [2.05, 4.69) is 37.1 Å². The van der Waals surface area contributed by atoms with Gasteiger partial charge in [0.2, 0.25) is 0 Å². The summed E-state index contributed by atoms with van der Waals surface area (Å²) in [6, 6.07) is 15.7. The molecule has 0 aliphatic heterocycles. The molecule has 0 bridgehead atoms. The molecule has 0 radical (unpaired) electrons. The Balaban J connectivity index is 1.94. The number of thioether (sulfide) groups is 1. The molecule has 3 aromatic rings. The Kier molecular flexibility index (Phi) is 6.88. The van der Waals surface area contributed by atoms with E-state index in [-0.39, 0.29) is 5.91 Å². The van der Waals surface area contributed by atoms with E-state index in [0.717, 1.165) is 35.0 Å². The number of thiazole rings is 1. The average Bonchev–Trinajstić information content (AvgIpc) is 3.14. The summed E-state index contributed by atoms with van der Waals surface area (Å²) in [6.45, 7) is 7.70. The van der Waals surface area contributed by atoms with Crippen LogP contribution in [0.15, 0.2) is 53.4 Å². The van der Waals surface area contributed by atoms with Crippen LogP contribution in [0.5, 0.6) is 0 Å². The fourth-order valence-corrected chi connectivity index (χ4v) is 4.48. The van der Waals surface area contributed by atoms with E-state index in [4.69, 9.17) is 4.98 Å². The van der Waals surface area contributed by atoms with Gasteiger partial charge in [0.15, 0.2) is 5.13 Å². The van der Waals surface area contributed by atoms with Gasteiger partial charge in [-0.1, -0.05) is 43.4 Å². The number of aromatic nitrogens is 1. The minimum Gasteiger partial charge on any atom is -0.302 e. The number of hydrogen-bond donors (Lipinski definition) is 0. The van der Waals surface area contributed by atoms with Gasteiger partial charge in [-0.25, -0.2) is 4.98 Å². The Morgan fingerprint density at radius 3 is 2.48 bits per heavy atom. The van der Waals surface area contributed by atoms with Crippen molar-refractivity contribution in [2.24, 2.45) is 0 Å². The van der Waals surface area contributed by atoms with Crippen LogP contribution in [-0.2, 0) is 0 Å². The number of likely N-dealkylation sites (N-methyl/N-ethyl adjacent to an activating group) is 1. The smallest absolute Gasteiger partial charge is 0.260 e. The lowest BCUT2D eigenvalue weighted by atomic mass is 10.2. The van der Waals surface area contributed by atoms with Crippen LogP contribution in [0.1, 0.15) is 24.2 Å². The van der Waals surface area contributed by atoms with Crippen molar-refractivity contribution in [1.29, 1.82) is 0 Å². The van der Waals surface area contributed by atoms with Crippen LogP contribution in [0.3, 0.4) is 0 Å². The van der Waals surface area contributed by atoms with Crippen molar-refractivity contribution in [2.45, 2.75) is 18.7 Å². The van der Waals surface area contributed by atoms with Crippen LogP contribution >= 0.6 is 23.1 Å².